The first-order valence-electron chi connectivity index (χ1n) is 6.22. The summed E-state index contributed by atoms with van der Waals surface area (Å²) in [5.41, 5.74) is 4.63. The highest BCUT2D eigenvalue weighted by Crippen LogP contribution is 2.38. The van der Waals surface area contributed by atoms with E-state index in [2.05, 4.69) is 24.1 Å². The van der Waals surface area contributed by atoms with Crippen molar-refractivity contribution < 1.29 is 5.11 Å². The molecule has 3 N–H and O–H groups in total. The number of phenolic OH excluding ortho intramolecular Hbond substituents is 1. The van der Waals surface area contributed by atoms with Crippen molar-refractivity contribution in [2.45, 2.75) is 32.7 Å². The highest BCUT2D eigenvalue weighted by molar-refractivity contribution is 5.90. The third-order valence-electron chi connectivity index (χ3n) is 3.89. The number of nitrogens with one attached hydrogen (secondary N) is 2. The van der Waals surface area contributed by atoms with E-state index in [1.165, 1.54) is 23.1 Å². The van der Waals surface area contributed by atoms with Gasteiger partial charge in [-0.15, -0.1) is 0 Å². The lowest BCUT2D eigenvalue weighted by Crippen LogP contribution is -2.13. The number of rotatable bonds is 1. The molecule has 3 nitrogen and oxygen atoms in total. The van der Waals surface area contributed by atoms with Crippen LogP contribution < -0.4 is 5.32 Å². The highest BCUT2D eigenvalue weighted by atomic mass is 16.3. The summed E-state index contributed by atoms with van der Waals surface area (Å²) in [6.45, 7) is 5.24. The number of hydrogen-bond acceptors (Lipinski definition) is 2. The van der Waals surface area contributed by atoms with Crippen LogP contribution in [0.1, 0.15) is 35.7 Å². The van der Waals surface area contributed by atoms with E-state index in [0.717, 1.165) is 24.0 Å². The Kier molecular flexibility index (Phi) is 2.37. The zero-order valence-electron chi connectivity index (χ0n) is 10.3. The van der Waals surface area contributed by atoms with Gasteiger partial charge in [0.05, 0.1) is 0 Å². The molecule has 0 radical (unpaired) electrons. The van der Waals surface area contributed by atoms with Gasteiger partial charge < -0.3 is 15.4 Å². The molecule has 2 heterocycles. The number of aromatic amines is 1. The van der Waals surface area contributed by atoms with E-state index in [9.17, 15) is 5.11 Å². The lowest BCUT2D eigenvalue weighted by atomic mass is 9.97. The molecular formula is C14H18N2O. The summed E-state index contributed by atoms with van der Waals surface area (Å²) in [6.07, 6.45) is 2.29. The molecule has 1 aliphatic rings. The topological polar surface area (TPSA) is 48.0 Å². The largest absolute Gasteiger partial charge is 0.508 e. The third kappa shape index (κ3) is 1.53. The predicted octanol–water partition coefficient (Wildman–Crippen LogP) is 2.91. The molecule has 1 aliphatic heterocycles. The minimum Gasteiger partial charge on any atom is -0.508 e. The van der Waals surface area contributed by atoms with E-state index in [1.807, 2.05) is 6.07 Å². The molecule has 1 aromatic carbocycles. The lowest BCUT2D eigenvalue weighted by Gasteiger charge is -2.14. The highest BCUT2D eigenvalue weighted by Gasteiger charge is 2.23. The minimum atomic E-state index is 0.299. The van der Waals surface area contributed by atoms with Gasteiger partial charge >= 0.3 is 0 Å². The number of fused-ring (bicyclic) bond motifs is 1. The van der Waals surface area contributed by atoms with Crippen molar-refractivity contribution >= 4 is 10.9 Å². The van der Waals surface area contributed by atoms with Gasteiger partial charge in [0.25, 0.3) is 0 Å². The van der Waals surface area contributed by atoms with Gasteiger partial charge in [-0.25, -0.2) is 0 Å². The first-order valence-corrected chi connectivity index (χ1v) is 6.22. The van der Waals surface area contributed by atoms with Gasteiger partial charge in [-0.05, 0) is 50.9 Å². The number of hydrogen-bond donors (Lipinski definition) is 3. The van der Waals surface area contributed by atoms with Crippen LogP contribution in [0.2, 0.25) is 0 Å². The standard InChI is InChI=1S/C14H18N2O/c1-8-9(2)16-11-5-6-12(17)14(13(8)11)10-4-3-7-15-10/h5-6,10,15-17H,3-4,7H2,1-2H3. The molecule has 0 aliphatic carbocycles. The van der Waals surface area contributed by atoms with Gasteiger partial charge in [0.2, 0.25) is 0 Å². The van der Waals surface area contributed by atoms with Crippen LogP contribution in [0.4, 0.5) is 0 Å². The number of phenols is 1. The molecule has 3 rings (SSSR count). The van der Waals surface area contributed by atoms with Gasteiger partial charge in [-0.3, -0.25) is 0 Å². The van der Waals surface area contributed by atoms with Crippen LogP contribution >= 0.6 is 0 Å². The number of aromatic nitrogens is 1. The van der Waals surface area contributed by atoms with Crippen LogP contribution in [0.3, 0.4) is 0 Å². The zero-order chi connectivity index (χ0) is 12.0. The Balaban J connectivity index is 2.29. The fourth-order valence-corrected chi connectivity index (χ4v) is 2.88. The second-order valence-corrected chi connectivity index (χ2v) is 4.94. The fraction of sp³-hybridized carbons (Fsp3) is 0.429. The normalized spacial score (nSPS) is 20.2. The maximum absolute atomic E-state index is 10.1. The van der Waals surface area contributed by atoms with Gasteiger partial charge in [0.15, 0.2) is 0 Å². The van der Waals surface area contributed by atoms with E-state index in [1.54, 1.807) is 6.07 Å². The predicted molar refractivity (Wildman–Crippen MR) is 69.4 cm³/mol. The van der Waals surface area contributed by atoms with E-state index < -0.39 is 0 Å². The molecule has 90 valence electrons. The van der Waals surface area contributed by atoms with Crippen molar-refractivity contribution in [2.75, 3.05) is 6.54 Å². The van der Waals surface area contributed by atoms with E-state index in [0.29, 0.717) is 11.8 Å². The summed E-state index contributed by atoms with van der Waals surface area (Å²) < 4.78 is 0. The SMILES string of the molecule is Cc1[nH]c2ccc(O)c(C3CCCN3)c2c1C. The summed E-state index contributed by atoms with van der Waals surface area (Å²) in [7, 11) is 0. The monoisotopic (exact) mass is 230 g/mol. The Morgan fingerprint density at radius 1 is 1.29 bits per heavy atom. The third-order valence-corrected chi connectivity index (χ3v) is 3.89. The second kappa shape index (κ2) is 3.77. The fourth-order valence-electron chi connectivity index (χ4n) is 2.88. The first kappa shape index (κ1) is 10.7. The molecule has 3 heteroatoms. The second-order valence-electron chi connectivity index (χ2n) is 4.94. The van der Waals surface area contributed by atoms with Crippen molar-refractivity contribution in [3.63, 3.8) is 0 Å². The Bertz CT molecular complexity index is 565. The van der Waals surface area contributed by atoms with Crippen LogP contribution in [-0.4, -0.2) is 16.6 Å². The summed E-state index contributed by atoms with van der Waals surface area (Å²) in [6, 6.07) is 4.06. The van der Waals surface area contributed by atoms with Gasteiger partial charge in [0.1, 0.15) is 5.75 Å². The first-order chi connectivity index (χ1) is 8.18. The molecule has 1 aromatic heterocycles. The maximum Gasteiger partial charge on any atom is 0.121 e. The average molecular weight is 230 g/mol. The Labute approximate surface area is 101 Å². The zero-order valence-corrected chi connectivity index (χ0v) is 10.3. The molecule has 0 spiro atoms. The van der Waals surface area contributed by atoms with E-state index in [4.69, 9.17) is 0 Å². The van der Waals surface area contributed by atoms with Crippen LogP contribution in [-0.2, 0) is 0 Å². The minimum absolute atomic E-state index is 0.299. The molecular weight excluding hydrogens is 212 g/mol. The Hall–Kier alpha value is -1.48. The van der Waals surface area contributed by atoms with Crippen LogP contribution in [0.25, 0.3) is 10.9 Å². The summed E-state index contributed by atoms with van der Waals surface area (Å²) in [5, 5.41) is 14.8. The Morgan fingerprint density at radius 3 is 2.82 bits per heavy atom. The summed E-state index contributed by atoms with van der Waals surface area (Å²) in [5.74, 6) is 0.416. The molecule has 0 saturated carbocycles. The van der Waals surface area contributed by atoms with Gasteiger partial charge in [-0.1, -0.05) is 0 Å². The molecule has 1 fully saturated rings. The molecule has 0 bridgehead atoms. The van der Waals surface area contributed by atoms with E-state index in [-0.39, 0.29) is 0 Å². The molecule has 1 unspecified atom stereocenters. The number of benzene rings is 1. The molecule has 1 saturated heterocycles. The van der Waals surface area contributed by atoms with Crippen molar-refractivity contribution in [1.82, 2.24) is 10.3 Å². The maximum atomic E-state index is 10.1. The van der Waals surface area contributed by atoms with E-state index >= 15 is 0 Å². The van der Waals surface area contributed by atoms with Crippen LogP contribution in [0.15, 0.2) is 12.1 Å². The summed E-state index contributed by atoms with van der Waals surface area (Å²) in [4.78, 5) is 3.38. The molecule has 1 atom stereocenters. The molecule has 2 aromatic rings. The van der Waals surface area contributed by atoms with Crippen molar-refractivity contribution in [3.8, 4) is 5.75 Å². The van der Waals surface area contributed by atoms with Gasteiger partial charge in [0, 0.05) is 28.2 Å². The van der Waals surface area contributed by atoms with Crippen LogP contribution in [0, 0.1) is 13.8 Å². The molecule has 17 heavy (non-hydrogen) atoms. The summed E-state index contributed by atoms with van der Waals surface area (Å²) >= 11 is 0. The molecule has 0 amide bonds. The Morgan fingerprint density at radius 2 is 2.12 bits per heavy atom. The van der Waals surface area contributed by atoms with Crippen molar-refractivity contribution in [3.05, 3.63) is 29.0 Å². The van der Waals surface area contributed by atoms with Gasteiger partial charge in [-0.2, -0.15) is 0 Å². The quantitative estimate of drug-likeness (QED) is 0.705. The lowest BCUT2D eigenvalue weighted by molar-refractivity contribution is 0.459. The smallest absolute Gasteiger partial charge is 0.121 e. The average Bonchev–Trinajstić information content (AvgIpc) is 2.91. The van der Waals surface area contributed by atoms with Crippen LogP contribution in [0.5, 0.6) is 5.75 Å². The van der Waals surface area contributed by atoms with Crippen molar-refractivity contribution in [1.29, 1.82) is 0 Å². The van der Waals surface area contributed by atoms with Crippen molar-refractivity contribution in [2.24, 2.45) is 0 Å². The number of aryl methyl sites for hydroxylation is 2. The number of aromatic hydroxyl groups is 1. The number of H-pyrrole nitrogens is 1.